The third kappa shape index (κ3) is 8.38. The van der Waals surface area contributed by atoms with Gasteiger partial charge in [-0.05, 0) is 130 Å². The standard InChI is InChI=1S/C66H47N3S/c1-6-19-48(20-7-1)49-33-35-50(36-34-49)51-37-41-57(42-38-51)69(58-43-39-52(40-44-58)62-30-18-31-64-63-29-16-17-32-65(63)70-66(62)64)61-46-59(67(53-21-8-2-9-22-53)54-23-10-3-11-24-54)45-60(47-61)68(55-25-12-4-13-26-55)56-27-14-5-15-28-56/h1-47H. The molecular formula is C66H47N3S. The van der Waals surface area contributed by atoms with Crippen molar-refractivity contribution < 1.29 is 0 Å². The van der Waals surface area contributed by atoms with Crippen LogP contribution in [0.3, 0.4) is 0 Å². The molecule has 12 aromatic rings. The molecule has 0 aliphatic heterocycles. The quantitative estimate of drug-likeness (QED) is 0.121. The molecule has 12 rings (SSSR count). The van der Waals surface area contributed by atoms with Crippen LogP contribution in [0.2, 0.25) is 0 Å². The van der Waals surface area contributed by atoms with E-state index in [9.17, 15) is 0 Å². The number of thiophene rings is 1. The summed E-state index contributed by atoms with van der Waals surface area (Å²) in [7, 11) is 0. The van der Waals surface area contributed by atoms with Crippen LogP contribution in [-0.4, -0.2) is 0 Å². The Morgan fingerprint density at radius 3 is 0.957 bits per heavy atom. The van der Waals surface area contributed by atoms with Crippen LogP contribution in [0.1, 0.15) is 0 Å². The molecule has 0 aliphatic carbocycles. The SMILES string of the molecule is c1ccc(-c2ccc(-c3ccc(N(c4ccc(-c5cccc6c5sc5ccccc56)cc4)c4cc(N(c5ccccc5)c5ccccc5)cc(N(c5ccccc5)c5ccccc5)c4)cc3)cc2)cc1. The van der Waals surface area contributed by atoms with E-state index in [1.54, 1.807) is 0 Å². The largest absolute Gasteiger partial charge is 0.310 e. The Bertz CT molecular complexity index is 3490. The van der Waals surface area contributed by atoms with Gasteiger partial charge in [0, 0.05) is 54.3 Å². The van der Waals surface area contributed by atoms with Crippen molar-refractivity contribution in [3.8, 4) is 33.4 Å². The van der Waals surface area contributed by atoms with Crippen LogP contribution in [0.5, 0.6) is 0 Å². The van der Waals surface area contributed by atoms with Gasteiger partial charge in [-0.25, -0.2) is 0 Å². The highest BCUT2D eigenvalue weighted by Crippen LogP contribution is 2.47. The van der Waals surface area contributed by atoms with E-state index in [4.69, 9.17) is 0 Å². The molecule has 1 heterocycles. The van der Waals surface area contributed by atoms with Crippen molar-refractivity contribution in [1.82, 2.24) is 0 Å². The predicted octanol–water partition coefficient (Wildman–Crippen LogP) is 19.5. The summed E-state index contributed by atoms with van der Waals surface area (Å²) in [5, 5.41) is 2.60. The second-order valence-electron chi connectivity index (χ2n) is 17.4. The molecule has 0 amide bonds. The van der Waals surface area contributed by atoms with Gasteiger partial charge in [-0.3, -0.25) is 0 Å². The van der Waals surface area contributed by atoms with Gasteiger partial charge in [-0.1, -0.05) is 188 Å². The van der Waals surface area contributed by atoms with Crippen molar-refractivity contribution >= 4 is 82.7 Å². The maximum Gasteiger partial charge on any atom is 0.0503 e. The molecule has 0 N–H and O–H groups in total. The minimum Gasteiger partial charge on any atom is -0.310 e. The predicted molar refractivity (Wildman–Crippen MR) is 300 cm³/mol. The highest BCUT2D eigenvalue weighted by atomic mass is 32.1. The average molecular weight is 914 g/mol. The average Bonchev–Trinajstić information content (AvgIpc) is 3.82. The summed E-state index contributed by atoms with van der Waals surface area (Å²) in [6, 6.07) is 103. The number of nitrogens with zero attached hydrogens (tertiary/aromatic N) is 3. The summed E-state index contributed by atoms with van der Waals surface area (Å²) >= 11 is 1.87. The van der Waals surface area contributed by atoms with Gasteiger partial charge in [0.15, 0.2) is 0 Å². The lowest BCUT2D eigenvalue weighted by Gasteiger charge is -2.33. The number of para-hydroxylation sites is 4. The molecule has 0 unspecified atom stereocenters. The van der Waals surface area contributed by atoms with Crippen LogP contribution in [0.15, 0.2) is 285 Å². The van der Waals surface area contributed by atoms with Crippen molar-refractivity contribution in [3.63, 3.8) is 0 Å². The second-order valence-corrected chi connectivity index (χ2v) is 18.4. The van der Waals surface area contributed by atoms with E-state index in [-0.39, 0.29) is 0 Å². The fourth-order valence-corrected chi connectivity index (χ4v) is 10.9. The van der Waals surface area contributed by atoms with Crippen LogP contribution < -0.4 is 14.7 Å². The van der Waals surface area contributed by atoms with E-state index < -0.39 is 0 Å². The molecule has 0 bridgehead atoms. The molecule has 1 aromatic heterocycles. The Kier molecular flexibility index (Phi) is 11.5. The summed E-state index contributed by atoms with van der Waals surface area (Å²) in [4.78, 5) is 7.12. The molecule has 11 aromatic carbocycles. The fraction of sp³-hybridized carbons (Fsp3) is 0. The van der Waals surface area contributed by atoms with Gasteiger partial charge in [-0.2, -0.15) is 0 Å². The lowest BCUT2D eigenvalue weighted by atomic mass is 10.00. The molecule has 0 aliphatic rings. The normalized spacial score (nSPS) is 11.1. The molecule has 0 spiro atoms. The minimum absolute atomic E-state index is 1.01. The van der Waals surface area contributed by atoms with Gasteiger partial charge >= 0.3 is 0 Å². The third-order valence-corrected chi connectivity index (χ3v) is 14.2. The number of anilines is 9. The van der Waals surface area contributed by atoms with Crippen LogP contribution in [0, 0.1) is 0 Å². The molecule has 4 heteroatoms. The van der Waals surface area contributed by atoms with E-state index in [1.165, 1.54) is 48.0 Å². The van der Waals surface area contributed by atoms with Crippen molar-refractivity contribution in [2.24, 2.45) is 0 Å². The summed E-state index contributed by atoms with van der Waals surface area (Å²) in [6.45, 7) is 0. The van der Waals surface area contributed by atoms with Gasteiger partial charge in [0.05, 0.1) is 17.1 Å². The van der Waals surface area contributed by atoms with Crippen LogP contribution in [-0.2, 0) is 0 Å². The van der Waals surface area contributed by atoms with Crippen molar-refractivity contribution in [2.45, 2.75) is 0 Å². The lowest BCUT2D eigenvalue weighted by molar-refractivity contribution is 1.22. The Hall–Kier alpha value is -8.96. The zero-order valence-electron chi connectivity index (χ0n) is 38.4. The molecule has 0 saturated carbocycles. The fourth-order valence-electron chi connectivity index (χ4n) is 9.67. The third-order valence-electron chi connectivity index (χ3n) is 13.0. The first-order chi connectivity index (χ1) is 34.7. The Balaban J connectivity index is 1.05. The number of rotatable bonds is 12. The van der Waals surface area contributed by atoms with Crippen molar-refractivity contribution in [1.29, 1.82) is 0 Å². The minimum atomic E-state index is 1.01. The smallest absolute Gasteiger partial charge is 0.0503 e. The van der Waals surface area contributed by atoms with Crippen LogP contribution in [0.25, 0.3) is 53.6 Å². The first kappa shape index (κ1) is 42.4. The van der Waals surface area contributed by atoms with Gasteiger partial charge in [0.2, 0.25) is 0 Å². The summed E-state index contributed by atoms with van der Waals surface area (Å²) < 4.78 is 2.61. The molecule has 0 saturated heterocycles. The number of benzene rings is 11. The maximum absolute atomic E-state index is 2.40. The first-order valence-electron chi connectivity index (χ1n) is 23.7. The number of hydrogen-bond donors (Lipinski definition) is 0. The zero-order chi connectivity index (χ0) is 46.6. The van der Waals surface area contributed by atoms with E-state index in [1.807, 2.05) is 11.3 Å². The van der Waals surface area contributed by atoms with E-state index >= 15 is 0 Å². The van der Waals surface area contributed by atoms with Crippen molar-refractivity contribution in [2.75, 3.05) is 14.7 Å². The zero-order valence-corrected chi connectivity index (χ0v) is 39.2. The van der Waals surface area contributed by atoms with Crippen molar-refractivity contribution in [3.05, 3.63) is 285 Å². The Labute approximate surface area is 413 Å². The Morgan fingerprint density at radius 1 is 0.214 bits per heavy atom. The lowest BCUT2D eigenvalue weighted by Crippen LogP contribution is -2.16. The molecule has 0 atom stereocenters. The van der Waals surface area contributed by atoms with Gasteiger partial charge in [0.1, 0.15) is 0 Å². The summed E-state index contributed by atoms with van der Waals surface area (Å²) in [6.07, 6.45) is 0. The summed E-state index contributed by atoms with van der Waals surface area (Å²) in [5.41, 5.74) is 16.6. The van der Waals surface area contributed by atoms with E-state index in [0.29, 0.717) is 0 Å². The highest BCUT2D eigenvalue weighted by molar-refractivity contribution is 7.26. The highest BCUT2D eigenvalue weighted by Gasteiger charge is 2.23. The molecular weight excluding hydrogens is 867 g/mol. The van der Waals surface area contributed by atoms with Crippen LogP contribution >= 0.6 is 11.3 Å². The van der Waals surface area contributed by atoms with Gasteiger partial charge < -0.3 is 14.7 Å². The number of hydrogen-bond acceptors (Lipinski definition) is 4. The van der Waals surface area contributed by atoms with Gasteiger partial charge in [0.25, 0.3) is 0 Å². The van der Waals surface area contributed by atoms with Gasteiger partial charge in [-0.15, -0.1) is 11.3 Å². The molecule has 0 fully saturated rings. The first-order valence-corrected chi connectivity index (χ1v) is 24.6. The maximum atomic E-state index is 2.40. The van der Waals surface area contributed by atoms with E-state index in [0.717, 1.165) is 56.7 Å². The molecule has 70 heavy (non-hydrogen) atoms. The Morgan fingerprint density at radius 2 is 0.529 bits per heavy atom. The second kappa shape index (κ2) is 19.0. The topological polar surface area (TPSA) is 9.72 Å². The molecule has 3 nitrogen and oxygen atoms in total. The summed E-state index contributed by atoms with van der Waals surface area (Å²) in [5.74, 6) is 0. The number of fused-ring (bicyclic) bond motifs is 3. The van der Waals surface area contributed by atoms with E-state index in [2.05, 4.69) is 300 Å². The molecule has 332 valence electrons. The monoisotopic (exact) mass is 913 g/mol. The van der Waals surface area contributed by atoms with Crippen LogP contribution in [0.4, 0.5) is 51.2 Å². The molecule has 0 radical (unpaired) electrons.